The van der Waals surface area contributed by atoms with Crippen molar-refractivity contribution in [3.63, 3.8) is 0 Å². The monoisotopic (exact) mass is 252 g/mol. The summed E-state index contributed by atoms with van der Waals surface area (Å²) in [7, 11) is 0. The van der Waals surface area contributed by atoms with Crippen LogP contribution in [0.2, 0.25) is 5.02 Å². The summed E-state index contributed by atoms with van der Waals surface area (Å²) >= 11 is 5.86. The fraction of sp³-hybridized carbons (Fsp3) is 0.462. The van der Waals surface area contributed by atoms with E-state index in [2.05, 4.69) is 5.32 Å². The number of carbonyl (C=O) groups is 1. The molecule has 0 bridgehead atoms. The first-order valence-corrected chi connectivity index (χ1v) is 6.35. The van der Waals surface area contributed by atoms with Crippen molar-refractivity contribution in [1.82, 2.24) is 5.32 Å². The lowest BCUT2D eigenvalue weighted by Gasteiger charge is -2.19. The van der Waals surface area contributed by atoms with E-state index < -0.39 is 0 Å². The number of benzene rings is 1. The van der Waals surface area contributed by atoms with Crippen LogP contribution in [0.4, 0.5) is 0 Å². The van der Waals surface area contributed by atoms with E-state index in [9.17, 15) is 4.79 Å². The zero-order valence-electron chi connectivity index (χ0n) is 9.66. The van der Waals surface area contributed by atoms with Crippen LogP contribution in [0.25, 0.3) is 0 Å². The zero-order valence-corrected chi connectivity index (χ0v) is 10.4. The lowest BCUT2D eigenvalue weighted by atomic mass is 10.0. The van der Waals surface area contributed by atoms with Crippen molar-refractivity contribution >= 4 is 17.5 Å². The van der Waals surface area contributed by atoms with Crippen molar-refractivity contribution in [1.29, 1.82) is 0 Å². The molecule has 0 radical (unpaired) electrons. The Kier molecular flexibility index (Phi) is 4.02. The highest BCUT2D eigenvalue weighted by atomic mass is 35.5. The fourth-order valence-corrected chi connectivity index (χ4v) is 2.58. The quantitative estimate of drug-likeness (QED) is 0.867. The Morgan fingerprint density at radius 2 is 2.29 bits per heavy atom. The minimum absolute atomic E-state index is 0.0575. The molecular weight excluding hydrogens is 236 g/mol. The molecule has 1 aromatic rings. The first kappa shape index (κ1) is 12.4. The van der Waals surface area contributed by atoms with Crippen molar-refractivity contribution in [3.05, 3.63) is 34.9 Å². The smallest absolute Gasteiger partial charge is 0.251 e. The van der Waals surface area contributed by atoms with E-state index in [1.807, 2.05) is 0 Å². The largest absolute Gasteiger partial charge is 0.349 e. The van der Waals surface area contributed by atoms with Crippen LogP contribution in [0.15, 0.2) is 24.3 Å². The van der Waals surface area contributed by atoms with Gasteiger partial charge in [-0.2, -0.15) is 0 Å². The molecular formula is C13H17ClN2O. The maximum atomic E-state index is 12.0. The minimum Gasteiger partial charge on any atom is -0.349 e. The van der Waals surface area contributed by atoms with Gasteiger partial charge in [-0.15, -0.1) is 0 Å². The number of halogens is 1. The molecule has 1 aliphatic carbocycles. The topological polar surface area (TPSA) is 55.1 Å². The first-order valence-electron chi connectivity index (χ1n) is 5.97. The number of carbonyl (C=O) groups excluding carboxylic acids is 1. The molecule has 1 saturated carbocycles. The predicted octanol–water partition coefficient (Wildman–Crippen LogP) is 2.20. The molecule has 0 heterocycles. The zero-order chi connectivity index (χ0) is 12.3. The van der Waals surface area contributed by atoms with Crippen LogP contribution in [0.3, 0.4) is 0 Å². The van der Waals surface area contributed by atoms with Gasteiger partial charge in [-0.05, 0) is 43.5 Å². The molecule has 2 unspecified atom stereocenters. The lowest BCUT2D eigenvalue weighted by molar-refractivity contribution is 0.0929. The Balaban J connectivity index is 2.01. The van der Waals surface area contributed by atoms with Crippen LogP contribution in [0.1, 0.15) is 29.6 Å². The van der Waals surface area contributed by atoms with Crippen LogP contribution >= 0.6 is 11.6 Å². The molecule has 2 atom stereocenters. The molecule has 0 aromatic heterocycles. The molecule has 1 aliphatic rings. The molecule has 92 valence electrons. The third-order valence-electron chi connectivity index (χ3n) is 3.37. The average molecular weight is 253 g/mol. The third kappa shape index (κ3) is 2.99. The second-order valence-electron chi connectivity index (χ2n) is 4.52. The highest BCUT2D eigenvalue weighted by Crippen LogP contribution is 2.25. The molecule has 2 rings (SSSR count). The molecule has 0 spiro atoms. The van der Waals surface area contributed by atoms with Gasteiger partial charge in [0.15, 0.2) is 0 Å². The lowest BCUT2D eigenvalue weighted by Crippen LogP contribution is -2.39. The summed E-state index contributed by atoms with van der Waals surface area (Å²) in [5, 5.41) is 3.63. The number of hydrogen-bond donors (Lipinski definition) is 2. The first-order chi connectivity index (χ1) is 8.20. The molecule has 0 aliphatic heterocycles. The summed E-state index contributed by atoms with van der Waals surface area (Å²) in [5.41, 5.74) is 6.30. The van der Waals surface area contributed by atoms with Gasteiger partial charge in [-0.1, -0.05) is 24.1 Å². The predicted molar refractivity (Wildman–Crippen MR) is 69.1 cm³/mol. The van der Waals surface area contributed by atoms with Gasteiger partial charge in [0, 0.05) is 16.6 Å². The van der Waals surface area contributed by atoms with E-state index >= 15 is 0 Å². The Morgan fingerprint density at radius 1 is 1.47 bits per heavy atom. The van der Waals surface area contributed by atoms with E-state index in [0.29, 0.717) is 23.0 Å². The van der Waals surface area contributed by atoms with Crippen molar-refractivity contribution in [3.8, 4) is 0 Å². The normalized spacial score (nSPS) is 23.6. The van der Waals surface area contributed by atoms with Gasteiger partial charge in [0.1, 0.15) is 0 Å². The summed E-state index contributed by atoms with van der Waals surface area (Å²) in [4.78, 5) is 12.0. The molecule has 17 heavy (non-hydrogen) atoms. The van der Waals surface area contributed by atoms with Crippen molar-refractivity contribution < 1.29 is 4.79 Å². The summed E-state index contributed by atoms with van der Waals surface area (Å²) in [6, 6.07) is 7.21. The Bertz CT molecular complexity index is 408. The highest BCUT2D eigenvalue weighted by molar-refractivity contribution is 6.30. The van der Waals surface area contributed by atoms with Gasteiger partial charge in [-0.3, -0.25) is 4.79 Å². The summed E-state index contributed by atoms with van der Waals surface area (Å²) in [5.74, 6) is 0.357. The Hall–Kier alpha value is -1.06. The molecule has 0 saturated heterocycles. The minimum atomic E-state index is -0.0575. The number of rotatable bonds is 3. The van der Waals surface area contributed by atoms with Gasteiger partial charge in [0.2, 0.25) is 0 Å². The Labute approximate surface area is 106 Å². The van der Waals surface area contributed by atoms with Crippen molar-refractivity contribution in [2.24, 2.45) is 11.7 Å². The Morgan fingerprint density at radius 3 is 3.00 bits per heavy atom. The van der Waals surface area contributed by atoms with Crippen LogP contribution < -0.4 is 11.1 Å². The van der Waals surface area contributed by atoms with Gasteiger partial charge < -0.3 is 11.1 Å². The van der Waals surface area contributed by atoms with Crippen LogP contribution in [0, 0.1) is 5.92 Å². The maximum absolute atomic E-state index is 12.0. The van der Waals surface area contributed by atoms with Crippen LogP contribution in [-0.2, 0) is 0 Å². The SMILES string of the molecule is NCC1CCCC1NC(=O)c1cccc(Cl)c1. The number of nitrogens with two attached hydrogens (primary N) is 1. The van der Waals surface area contributed by atoms with E-state index in [4.69, 9.17) is 17.3 Å². The number of nitrogens with one attached hydrogen (secondary N) is 1. The molecule has 1 fully saturated rings. The van der Waals surface area contributed by atoms with Crippen molar-refractivity contribution in [2.75, 3.05) is 6.54 Å². The molecule has 1 aromatic carbocycles. The number of hydrogen-bond acceptors (Lipinski definition) is 2. The molecule has 3 nitrogen and oxygen atoms in total. The average Bonchev–Trinajstić information content (AvgIpc) is 2.76. The summed E-state index contributed by atoms with van der Waals surface area (Å²) in [6.07, 6.45) is 3.27. The fourth-order valence-electron chi connectivity index (χ4n) is 2.39. The molecule has 1 amide bonds. The van der Waals surface area contributed by atoms with Gasteiger partial charge in [0.25, 0.3) is 5.91 Å². The van der Waals surface area contributed by atoms with E-state index in [1.54, 1.807) is 24.3 Å². The highest BCUT2D eigenvalue weighted by Gasteiger charge is 2.27. The second kappa shape index (κ2) is 5.52. The van der Waals surface area contributed by atoms with Gasteiger partial charge in [-0.25, -0.2) is 0 Å². The number of amides is 1. The molecule has 3 N–H and O–H groups in total. The van der Waals surface area contributed by atoms with Crippen LogP contribution in [-0.4, -0.2) is 18.5 Å². The summed E-state index contributed by atoms with van der Waals surface area (Å²) < 4.78 is 0. The van der Waals surface area contributed by atoms with E-state index in [0.717, 1.165) is 19.3 Å². The van der Waals surface area contributed by atoms with E-state index in [-0.39, 0.29) is 11.9 Å². The standard InChI is InChI=1S/C13H17ClN2O/c14-11-5-1-3-9(7-11)13(17)16-12-6-2-4-10(12)8-15/h1,3,5,7,10,12H,2,4,6,8,15H2,(H,16,17). The van der Waals surface area contributed by atoms with Crippen molar-refractivity contribution in [2.45, 2.75) is 25.3 Å². The maximum Gasteiger partial charge on any atom is 0.251 e. The van der Waals surface area contributed by atoms with Crippen LogP contribution in [0.5, 0.6) is 0 Å². The van der Waals surface area contributed by atoms with Gasteiger partial charge in [0.05, 0.1) is 0 Å². The van der Waals surface area contributed by atoms with E-state index in [1.165, 1.54) is 0 Å². The molecule has 4 heteroatoms. The second-order valence-corrected chi connectivity index (χ2v) is 4.95. The third-order valence-corrected chi connectivity index (χ3v) is 3.60. The van der Waals surface area contributed by atoms with Gasteiger partial charge >= 0.3 is 0 Å². The summed E-state index contributed by atoms with van der Waals surface area (Å²) in [6.45, 7) is 0.639.